The number of hydrogen-bond acceptors (Lipinski definition) is 3. The third-order valence-electron chi connectivity index (χ3n) is 1.32. The van der Waals surface area contributed by atoms with Gasteiger partial charge in [-0.25, -0.2) is 4.98 Å². The molecule has 0 aliphatic carbocycles. The number of hydrogen-bond donors (Lipinski definition) is 1. The minimum absolute atomic E-state index is 0.463. The van der Waals surface area contributed by atoms with Crippen molar-refractivity contribution in [2.24, 2.45) is 0 Å². The van der Waals surface area contributed by atoms with Gasteiger partial charge in [0.05, 0.1) is 0 Å². The lowest BCUT2D eigenvalue weighted by Gasteiger charge is -1.96. The molecule has 0 bridgehead atoms. The summed E-state index contributed by atoms with van der Waals surface area (Å²) in [5.74, 6) is 0. The van der Waals surface area contributed by atoms with Crippen LogP contribution in [-0.2, 0) is 6.54 Å². The van der Waals surface area contributed by atoms with E-state index < -0.39 is 0 Å². The molecule has 3 nitrogen and oxygen atoms in total. The Morgan fingerprint density at radius 1 is 1.64 bits per heavy atom. The summed E-state index contributed by atoms with van der Waals surface area (Å²) >= 11 is 0. The lowest BCUT2D eigenvalue weighted by Crippen LogP contribution is -2.05. The van der Waals surface area contributed by atoms with Gasteiger partial charge in [-0.1, -0.05) is 6.07 Å². The molecule has 0 saturated heterocycles. The van der Waals surface area contributed by atoms with Crippen molar-refractivity contribution < 1.29 is 0 Å². The summed E-state index contributed by atoms with van der Waals surface area (Å²) in [4.78, 5) is 3.91. The van der Waals surface area contributed by atoms with E-state index in [0.717, 1.165) is 12.1 Å². The minimum atomic E-state index is 0.463. The molecule has 0 unspecified atom stereocenters. The molecule has 1 heterocycles. The Kier molecular flexibility index (Phi) is 2.59. The fourth-order valence-electron chi connectivity index (χ4n) is 0.799. The van der Waals surface area contributed by atoms with Gasteiger partial charge >= 0.3 is 0 Å². The van der Waals surface area contributed by atoms with Crippen LogP contribution in [0.3, 0.4) is 0 Å². The van der Waals surface area contributed by atoms with Gasteiger partial charge < -0.3 is 5.32 Å². The first-order chi connectivity index (χ1) is 5.36. The Morgan fingerprint density at radius 3 is 2.91 bits per heavy atom. The van der Waals surface area contributed by atoms with Gasteiger partial charge in [-0.05, 0) is 18.7 Å². The van der Waals surface area contributed by atoms with Crippen LogP contribution in [0.4, 0.5) is 0 Å². The highest BCUT2D eigenvalue weighted by Crippen LogP contribution is 1.97. The van der Waals surface area contributed by atoms with Crippen molar-refractivity contribution in [3.05, 3.63) is 29.6 Å². The zero-order valence-corrected chi connectivity index (χ0v) is 6.33. The second kappa shape index (κ2) is 3.69. The molecular formula is C8H9N3. The van der Waals surface area contributed by atoms with Crippen molar-refractivity contribution in [1.82, 2.24) is 10.3 Å². The van der Waals surface area contributed by atoms with Crippen molar-refractivity contribution >= 4 is 0 Å². The van der Waals surface area contributed by atoms with E-state index in [9.17, 15) is 0 Å². The largest absolute Gasteiger partial charge is 0.316 e. The Labute approximate surface area is 65.7 Å². The van der Waals surface area contributed by atoms with E-state index in [1.54, 1.807) is 12.3 Å². The van der Waals surface area contributed by atoms with Crippen LogP contribution in [0.15, 0.2) is 18.3 Å². The molecule has 1 aromatic heterocycles. The summed E-state index contributed by atoms with van der Waals surface area (Å²) in [6.07, 6.45) is 1.70. The Bertz CT molecular complexity index is 258. The molecule has 1 rings (SSSR count). The molecule has 0 aromatic carbocycles. The summed E-state index contributed by atoms with van der Waals surface area (Å²) in [6, 6.07) is 5.57. The average molecular weight is 147 g/mol. The molecule has 1 aromatic rings. The van der Waals surface area contributed by atoms with Crippen LogP contribution in [0, 0.1) is 11.3 Å². The van der Waals surface area contributed by atoms with Crippen molar-refractivity contribution in [2.45, 2.75) is 6.54 Å². The van der Waals surface area contributed by atoms with E-state index in [2.05, 4.69) is 10.3 Å². The van der Waals surface area contributed by atoms with E-state index in [4.69, 9.17) is 5.26 Å². The maximum absolute atomic E-state index is 8.43. The van der Waals surface area contributed by atoms with Crippen LogP contribution < -0.4 is 5.32 Å². The van der Waals surface area contributed by atoms with Crippen LogP contribution >= 0.6 is 0 Å². The first-order valence-corrected chi connectivity index (χ1v) is 3.36. The second-order valence-corrected chi connectivity index (χ2v) is 2.19. The summed E-state index contributed by atoms with van der Waals surface area (Å²) in [7, 11) is 1.87. The van der Waals surface area contributed by atoms with Crippen molar-refractivity contribution in [3.8, 4) is 6.07 Å². The number of nitrogens with zero attached hydrogens (tertiary/aromatic N) is 2. The van der Waals surface area contributed by atoms with Crippen molar-refractivity contribution in [3.63, 3.8) is 0 Å². The molecule has 56 valence electrons. The van der Waals surface area contributed by atoms with Crippen LogP contribution in [0.1, 0.15) is 11.3 Å². The molecule has 0 aliphatic heterocycles. The molecule has 0 radical (unpaired) electrons. The van der Waals surface area contributed by atoms with E-state index in [1.165, 1.54) is 0 Å². The predicted octanol–water partition coefficient (Wildman–Crippen LogP) is 0.673. The molecule has 0 spiro atoms. The summed E-state index contributed by atoms with van der Waals surface area (Å²) in [5, 5.41) is 11.4. The normalized spacial score (nSPS) is 9.09. The molecule has 3 heteroatoms. The molecule has 0 aliphatic rings. The molecule has 11 heavy (non-hydrogen) atoms. The summed E-state index contributed by atoms with van der Waals surface area (Å²) in [5.41, 5.74) is 1.55. The van der Waals surface area contributed by atoms with Gasteiger partial charge in [-0.15, -0.1) is 0 Å². The standard InChI is InChI=1S/C8H9N3/c1-10-5-7-2-3-8(4-9)11-6-7/h2-3,6,10H,5H2,1H3. The number of rotatable bonds is 2. The molecule has 1 N–H and O–H groups in total. The van der Waals surface area contributed by atoms with E-state index in [1.807, 2.05) is 19.2 Å². The highest BCUT2D eigenvalue weighted by Gasteiger charge is 1.91. The van der Waals surface area contributed by atoms with Gasteiger partial charge in [0, 0.05) is 12.7 Å². The Morgan fingerprint density at radius 2 is 2.45 bits per heavy atom. The lowest BCUT2D eigenvalue weighted by molar-refractivity contribution is 0.813. The quantitative estimate of drug-likeness (QED) is 0.669. The zero-order valence-electron chi connectivity index (χ0n) is 6.33. The van der Waals surface area contributed by atoms with Crippen molar-refractivity contribution in [1.29, 1.82) is 5.26 Å². The van der Waals surface area contributed by atoms with E-state index in [-0.39, 0.29) is 0 Å². The van der Waals surface area contributed by atoms with Crippen LogP contribution in [0.25, 0.3) is 0 Å². The molecule has 0 atom stereocenters. The topological polar surface area (TPSA) is 48.7 Å². The third-order valence-corrected chi connectivity index (χ3v) is 1.32. The first-order valence-electron chi connectivity index (χ1n) is 3.36. The zero-order chi connectivity index (χ0) is 8.10. The highest BCUT2D eigenvalue weighted by molar-refractivity contribution is 5.22. The van der Waals surface area contributed by atoms with Gasteiger partial charge in [0.15, 0.2) is 0 Å². The highest BCUT2D eigenvalue weighted by atomic mass is 14.8. The minimum Gasteiger partial charge on any atom is -0.316 e. The van der Waals surface area contributed by atoms with Crippen LogP contribution in [-0.4, -0.2) is 12.0 Å². The molecule has 0 amide bonds. The number of nitrogens with one attached hydrogen (secondary N) is 1. The molecule has 0 saturated carbocycles. The summed E-state index contributed by atoms with van der Waals surface area (Å²) in [6.45, 7) is 0.790. The average Bonchev–Trinajstić information content (AvgIpc) is 2.07. The van der Waals surface area contributed by atoms with Gasteiger partial charge in [0.25, 0.3) is 0 Å². The Hall–Kier alpha value is -1.40. The molecule has 0 fully saturated rings. The second-order valence-electron chi connectivity index (χ2n) is 2.19. The van der Waals surface area contributed by atoms with Crippen LogP contribution in [0.5, 0.6) is 0 Å². The van der Waals surface area contributed by atoms with Crippen molar-refractivity contribution in [2.75, 3.05) is 7.05 Å². The van der Waals surface area contributed by atoms with Gasteiger partial charge in [-0.3, -0.25) is 0 Å². The fraction of sp³-hybridized carbons (Fsp3) is 0.250. The van der Waals surface area contributed by atoms with Gasteiger partial charge in [0.1, 0.15) is 11.8 Å². The maximum atomic E-state index is 8.43. The van der Waals surface area contributed by atoms with E-state index >= 15 is 0 Å². The maximum Gasteiger partial charge on any atom is 0.140 e. The van der Waals surface area contributed by atoms with Gasteiger partial charge in [0.2, 0.25) is 0 Å². The smallest absolute Gasteiger partial charge is 0.140 e. The lowest BCUT2D eigenvalue weighted by atomic mass is 10.2. The van der Waals surface area contributed by atoms with E-state index in [0.29, 0.717) is 5.69 Å². The number of pyridine rings is 1. The molecular weight excluding hydrogens is 138 g/mol. The predicted molar refractivity (Wildman–Crippen MR) is 41.7 cm³/mol. The number of aromatic nitrogens is 1. The SMILES string of the molecule is CNCc1ccc(C#N)nc1. The van der Waals surface area contributed by atoms with Gasteiger partial charge in [-0.2, -0.15) is 5.26 Å². The number of nitriles is 1. The monoisotopic (exact) mass is 147 g/mol. The van der Waals surface area contributed by atoms with Crippen LogP contribution in [0.2, 0.25) is 0 Å². The fourth-order valence-corrected chi connectivity index (χ4v) is 0.799. The third kappa shape index (κ3) is 2.03. The summed E-state index contributed by atoms with van der Waals surface area (Å²) < 4.78 is 0. The first kappa shape index (κ1) is 7.70. The Balaban J connectivity index is 2.76.